The smallest absolute Gasteiger partial charge is 0.321 e. The van der Waals surface area contributed by atoms with Crippen LogP contribution in [-0.4, -0.2) is 37.9 Å². The summed E-state index contributed by atoms with van der Waals surface area (Å²) in [6.45, 7) is 8.80. The van der Waals surface area contributed by atoms with Crippen molar-refractivity contribution in [1.29, 1.82) is 0 Å². The van der Waals surface area contributed by atoms with E-state index in [-0.39, 0.29) is 24.1 Å². The number of benzene rings is 1. The minimum absolute atomic E-state index is 0.206. The first-order valence-electron chi connectivity index (χ1n) is 6.94. The molecule has 21 heavy (non-hydrogen) atoms. The van der Waals surface area contributed by atoms with E-state index in [4.69, 9.17) is 4.74 Å². The molecule has 0 bridgehead atoms. The van der Waals surface area contributed by atoms with Crippen LogP contribution in [0.3, 0.4) is 0 Å². The van der Waals surface area contributed by atoms with Crippen molar-refractivity contribution in [1.82, 2.24) is 4.31 Å². The van der Waals surface area contributed by atoms with E-state index in [0.717, 1.165) is 11.1 Å². The predicted octanol–water partition coefficient (Wildman–Crippen LogP) is 2.27. The van der Waals surface area contributed by atoms with Crippen LogP contribution in [0.25, 0.3) is 0 Å². The van der Waals surface area contributed by atoms with Gasteiger partial charge < -0.3 is 4.74 Å². The number of ether oxygens (including phenoxy) is 1. The maximum absolute atomic E-state index is 12.7. The van der Waals surface area contributed by atoms with Crippen LogP contribution in [0.1, 0.15) is 31.9 Å². The fourth-order valence-electron chi connectivity index (χ4n) is 2.10. The Kier molecular flexibility index (Phi) is 5.92. The third-order valence-corrected chi connectivity index (χ3v) is 4.97. The zero-order chi connectivity index (χ0) is 16.2. The Labute approximate surface area is 127 Å². The summed E-state index contributed by atoms with van der Waals surface area (Å²) >= 11 is 0. The van der Waals surface area contributed by atoms with Crippen molar-refractivity contribution in [2.75, 3.05) is 13.2 Å². The zero-order valence-corrected chi connectivity index (χ0v) is 14.0. The second-order valence-electron chi connectivity index (χ2n) is 5.27. The Balaban J connectivity index is 3.19. The highest BCUT2D eigenvalue weighted by Crippen LogP contribution is 2.21. The molecule has 0 saturated heterocycles. The lowest BCUT2D eigenvalue weighted by molar-refractivity contribution is -0.143. The molecule has 0 saturated carbocycles. The van der Waals surface area contributed by atoms with Gasteiger partial charge in [-0.3, -0.25) is 4.79 Å². The molecular formula is C15H23NO4S. The van der Waals surface area contributed by atoms with Crippen LogP contribution in [0.2, 0.25) is 0 Å². The molecule has 0 spiro atoms. The van der Waals surface area contributed by atoms with Gasteiger partial charge >= 0.3 is 5.97 Å². The Morgan fingerprint density at radius 1 is 1.19 bits per heavy atom. The Hall–Kier alpha value is -1.40. The lowest BCUT2D eigenvalue weighted by Crippen LogP contribution is -2.41. The molecule has 5 nitrogen and oxygen atoms in total. The molecule has 6 heteroatoms. The Morgan fingerprint density at radius 2 is 1.71 bits per heavy atom. The number of aryl methyl sites for hydroxylation is 2. The lowest BCUT2D eigenvalue weighted by Gasteiger charge is -2.25. The number of carbonyl (C=O) groups excluding carboxylic acids is 1. The fraction of sp³-hybridized carbons (Fsp3) is 0.533. The first-order valence-corrected chi connectivity index (χ1v) is 8.38. The van der Waals surface area contributed by atoms with E-state index in [1.54, 1.807) is 32.9 Å². The van der Waals surface area contributed by atoms with Crippen molar-refractivity contribution in [3.05, 3.63) is 29.3 Å². The van der Waals surface area contributed by atoms with Crippen molar-refractivity contribution in [3.63, 3.8) is 0 Å². The summed E-state index contributed by atoms with van der Waals surface area (Å²) in [6, 6.07) is 4.80. The van der Waals surface area contributed by atoms with Crippen LogP contribution in [0.5, 0.6) is 0 Å². The molecule has 1 aromatic rings. The molecule has 0 N–H and O–H groups in total. The van der Waals surface area contributed by atoms with Gasteiger partial charge in [0.05, 0.1) is 11.5 Å². The van der Waals surface area contributed by atoms with E-state index in [0.29, 0.717) is 0 Å². The van der Waals surface area contributed by atoms with E-state index in [9.17, 15) is 13.2 Å². The lowest BCUT2D eigenvalue weighted by atomic mass is 10.2. The van der Waals surface area contributed by atoms with Crippen LogP contribution < -0.4 is 0 Å². The number of nitrogens with zero attached hydrogens (tertiary/aromatic N) is 1. The Morgan fingerprint density at radius 3 is 2.14 bits per heavy atom. The van der Waals surface area contributed by atoms with Gasteiger partial charge in [0.15, 0.2) is 0 Å². The average molecular weight is 313 g/mol. The van der Waals surface area contributed by atoms with Crippen LogP contribution in [-0.2, 0) is 19.6 Å². The molecule has 0 aliphatic carbocycles. The van der Waals surface area contributed by atoms with E-state index in [1.165, 1.54) is 4.31 Å². The molecule has 0 aliphatic heterocycles. The van der Waals surface area contributed by atoms with Gasteiger partial charge in [-0.1, -0.05) is 6.07 Å². The second kappa shape index (κ2) is 7.04. The van der Waals surface area contributed by atoms with Crippen molar-refractivity contribution >= 4 is 16.0 Å². The monoisotopic (exact) mass is 313 g/mol. The summed E-state index contributed by atoms with van der Waals surface area (Å²) in [6.07, 6.45) is 0. The summed E-state index contributed by atoms with van der Waals surface area (Å²) in [5.74, 6) is -0.542. The maximum atomic E-state index is 12.7. The molecule has 1 rings (SSSR count). The van der Waals surface area contributed by atoms with Crippen LogP contribution in [0.15, 0.2) is 23.1 Å². The van der Waals surface area contributed by atoms with Crippen molar-refractivity contribution in [2.24, 2.45) is 0 Å². The number of hydrogen-bond donors (Lipinski definition) is 0. The summed E-state index contributed by atoms with van der Waals surface area (Å²) < 4.78 is 31.5. The normalized spacial score (nSPS) is 12.0. The molecule has 0 fully saturated rings. The number of esters is 1. The summed E-state index contributed by atoms with van der Waals surface area (Å²) in [7, 11) is -3.73. The number of hydrogen-bond acceptors (Lipinski definition) is 4. The molecule has 0 radical (unpaired) electrons. The molecule has 0 amide bonds. The fourth-order valence-corrected chi connectivity index (χ4v) is 3.87. The molecule has 0 aromatic heterocycles. The Bertz CT molecular complexity index is 588. The topological polar surface area (TPSA) is 63.7 Å². The highest BCUT2D eigenvalue weighted by atomic mass is 32.2. The van der Waals surface area contributed by atoms with Gasteiger partial charge in [-0.25, -0.2) is 8.42 Å². The van der Waals surface area contributed by atoms with Crippen LogP contribution in [0.4, 0.5) is 0 Å². The molecule has 0 heterocycles. The van der Waals surface area contributed by atoms with Gasteiger partial charge in [-0.05, 0) is 57.9 Å². The van der Waals surface area contributed by atoms with Gasteiger partial charge in [0, 0.05) is 6.04 Å². The predicted molar refractivity (Wildman–Crippen MR) is 81.6 cm³/mol. The van der Waals surface area contributed by atoms with Gasteiger partial charge in [-0.2, -0.15) is 4.31 Å². The second-order valence-corrected chi connectivity index (χ2v) is 7.16. The molecule has 0 unspecified atom stereocenters. The van der Waals surface area contributed by atoms with E-state index in [2.05, 4.69) is 0 Å². The van der Waals surface area contributed by atoms with E-state index >= 15 is 0 Å². The molecular weight excluding hydrogens is 290 g/mol. The minimum Gasteiger partial charge on any atom is -0.465 e. The molecule has 0 aliphatic rings. The summed E-state index contributed by atoms with van der Waals surface area (Å²) in [4.78, 5) is 11.8. The molecule has 0 atom stereocenters. The number of carbonyl (C=O) groups is 1. The highest BCUT2D eigenvalue weighted by Gasteiger charge is 2.29. The standard InChI is InChI=1S/C15H23NO4S/c1-6-20-15(17)10-16(11(2)3)21(18,19)14-8-12(4)7-13(5)9-14/h7-9,11H,6,10H2,1-5H3. The highest BCUT2D eigenvalue weighted by molar-refractivity contribution is 7.89. The first-order chi connectivity index (χ1) is 9.68. The van der Waals surface area contributed by atoms with Crippen molar-refractivity contribution < 1.29 is 17.9 Å². The van der Waals surface area contributed by atoms with Gasteiger partial charge in [0.25, 0.3) is 0 Å². The third kappa shape index (κ3) is 4.54. The molecule has 118 valence electrons. The quantitative estimate of drug-likeness (QED) is 0.756. The first kappa shape index (κ1) is 17.7. The third-order valence-electron chi connectivity index (χ3n) is 2.97. The number of sulfonamides is 1. The SMILES string of the molecule is CCOC(=O)CN(C(C)C)S(=O)(=O)c1cc(C)cc(C)c1. The zero-order valence-electron chi connectivity index (χ0n) is 13.2. The van der Waals surface area contributed by atoms with Gasteiger partial charge in [0.1, 0.15) is 6.54 Å². The summed E-state index contributed by atoms with van der Waals surface area (Å²) in [5, 5.41) is 0. The van der Waals surface area contributed by atoms with Gasteiger partial charge in [0.2, 0.25) is 10.0 Å². The maximum Gasteiger partial charge on any atom is 0.321 e. The van der Waals surface area contributed by atoms with E-state index in [1.807, 2.05) is 19.9 Å². The van der Waals surface area contributed by atoms with Crippen molar-refractivity contribution in [2.45, 2.75) is 45.6 Å². The molecule has 1 aromatic carbocycles. The minimum atomic E-state index is -3.73. The number of rotatable bonds is 6. The summed E-state index contributed by atoms with van der Waals surface area (Å²) in [5.41, 5.74) is 1.74. The van der Waals surface area contributed by atoms with Crippen LogP contribution in [0, 0.1) is 13.8 Å². The largest absolute Gasteiger partial charge is 0.465 e. The average Bonchev–Trinajstić information content (AvgIpc) is 2.34. The van der Waals surface area contributed by atoms with Crippen molar-refractivity contribution in [3.8, 4) is 0 Å². The van der Waals surface area contributed by atoms with Gasteiger partial charge in [-0.15, -0.1) is 0 Å². The van der Waals surface area contributed by atoms with E-state index < -0.39 is 16.0 Å². The van der Waals surface area contributed by atoms with Crippen LogP contribution >= 0.6 is 0 Å².